The molecule has 1 aromatic rings. The Kier molecular flexibility index (Phi) is 4.68. The molecule has 0 atom stereocenters. The number of benzene rings is 1. The van der Waals surface area contributed by atoms with Crippen LogP contribution in [0.2, 0.25) is 0 Å². The Bertz CT molecular complexity index is 344. The van der Waals surface area contributed by atoms with E-state index in [-0.39, 0.29) is 0 Å². The molecule has 1 aliphatic rings. The van der Waals surface area contributed by atoms with Crippen LogP contribution in [0, 0.1) is 11.8 Å². The van der Waals surface area contributed by atoms with Gasteiger partial charge in [0.15, 0.2) is 0 Å². The van der Waals surface area contributed by atoms with Crippen LogP contribution in [0.15, 0.2) is 24.3 Å². The van der Waals surface area contributed by atoms with E-state index in [4.69, 9.17) is 0 Å². The molecule has 1 saturated heterocycles. The average molecular weight is 245 g/mol. The topological polar surface area (TPSA) is 3.24 Å². The van der Waals surface area contributed by atoms with Gasteiger partial charge in [0.2, 0.25) is 0 Å². The molecule has 18 heavy (non-hydrogen) atoms. The fraction of sp³-hybridized carbons (Fsp3) is 0.647. The van der Waals surface area contributed by atoms with Gasteiger partial charge in [0, 0.05) is 18.8 Å². The zero-order chi connectivity index (χ0) is 13.0. The van der Waals surface area contributed by atoms with Gasteiger partial charge in [-0.1, -0.05) is 39.3 Å². The zero-order valence-electron chi connectivity index (χ0n) is 12.2. The minimum absolute atomic E-state index is 0.746. The number of nitrogens with zero attached hydrogens (tertiary/aromatic N) is 1. The van der Waals surface area contributed by atoms with Crippen LogP contribution >= 0.6 is 0 Å². The molecule has 1 heterocycles. The largest absolute Gasteiger partial charge is 0.372 e. The predicted octanol–water partition coefficient (Wildman–Crippen LogP) is 4.51. The van der Waals surface area contributed by atoms with Crippen molar-refractivity contribution < 1.29 is 0 Å². The van der Waals surface area contributed by atoms with Crippen LogP contribution < -0.4 is 4.90 Å². The van der Waals surface area contributed by atoms with E-state index in [2.05, 4.69) is 49.9 Å². The Labute approximate surface area is 112 Å². The Morgan fingerprint density at radius 3 is 2.22 bits per heavy atom. The normalized spacial score (nSPS) is 17.4. The highest BCUT2D eigenvalue weighted by Gasteiger charge is 2.17. The van der Waals surface area contributed by atoms with Crippen molar-refractivity contribution in [2.24, 2.45) is 11.8 Å². The van der Waals surface area contributed by atoms with Gasteiger partial charge in [-0.2, -0.15) is 0 Å². The van der Waals surface area contributed by atoms with Crippen molar-refractivity contribution in [2.45, 2.75) is 46.5 Å². The van der Waals surface area contributed by atoms with E-state index in [1.165, 1.54) is 50.0 Å². The van der Waals surface area contributed by atoms with Gasteiger partial charge in [0.1, 0.15) is 0 Å². The highest BCUT2D eigenvalue weighted by Crippen LogP contribution is 2.25. The number of hydrogen-bond acceptors (Lipinski definition) is 1. The zero-order valence-corrected chi connectivity index (χ0v) is 12.2. The smallest absolute Gasteiger partial charge is 0.0366 e. The van der Waals surface area contributed by atoms with Gasteiger partial charge in [-0.3, -0.25) is 0 Å². The minimum atomic E-state index is 0.746. The van der Waals surface area contributed by atoms with Crippen molar-refractivity contribution in [1.82, 2.24) is 0 Å². The van der Waals surface area contributed by atoms with Gasteiger partial charge < -0.3 is 4.90 Å². The molecule has 0 saturated carbocycles. The van der Waals surface area contributed by atoms with Crippen LogP contribution in [0.3, 0.4) is 0 Å². The fourth-order valence-electron chi connectivity index (χ4n) is 2.91. The summed E-state index contributed by atoms with van der Waals surface area (Å²) >= 11 is 0. The van der Waals surface area contributed by atoms with Gasteiger partial charge in [0.05, 0.1) is 0 Å². The first-order chi connectivity index (χ1) is 8.69. The van der Waals surface area contributed by atoms with E-state index in [9.17, 15) is 0 Å². The number of piperidine rings is 1. The molecule has 1 heteroatoms. The molecule has 100 valence electrons. The standard InChI is InChI=1S/C17H27N/c1-4-15-9-11-18(12-10-15)17-7-5-16(6-8-17)13-14(2)3/h5-8,14-15H,4,9-13H2,1-3H3. The van der Waals surface area contributed by atoms with Gasteiger partial charge in [-0.15, -0.1) is 0 Å². The maximum Gasteiger partial charge on any atom is 0.0366 e. The molecular weight excluding hydrogens is 218 g/mol. The van der Waals surface area contributed by atoms with E-state index < -0.39 is 0 Å². The van der Waals surface area contributed by atoms with Crippen LogP contribution in [-0.4, -0.2) is 13.1 Å². The van der Waals surface area contributed by atoms with Crippen LogP contribution in [-0.2, 0) is 6.42 Å². The summed E-state index contributed by atoms with van der Waals surface area (Å²) in [4.78, 5) is 2.55. The van der Waals surface area contributed by atoms with E-state index in [1.807, 2.05) is 0 Å². The molecule has 1 fully saturated rings. The molecule has 0 unspecified atom stereocenters. The maximum absolute atomic E-state index is 2.55. The number of rotatable bonds is 4. The van der Waals surface area contributed by atoms with Gasteiger partial charge >= 0.3 is 0 Å². The Hall–Kier alpha value is -0.980. The van der Waals surface area contributed by atoms with E-state index in [0.717, 1.165) is 11.8 Å². The Morgan fingerprint density at radius 1 is 1.11 bits per heavy atom. The molecule has 0 N–H and O–H groups in total. The van der Waals surface area contributed by atoms with Gasteiger partial charge in [-0.05, 0) is 48.8 Å². The summed E-state index contributed by atoms with van der Waals surface area (Å²) in [7, 11) is 0. The van der Waals surface area contributed by atoms with Gasteiger partial charge in [0.25, 0.3) is 0 Å². The summed E-state index contributed by atoms with van der Waals surface area (Å²) in [5, 5.41) is 0. The summed E-state index contributed by atoms with van der Waals surface area (Å²) in [6, 6.07) is 9.23. The number of anilines is 1. The molecule has 2 rings (SSSR count). The second-order valence-corrected chi connectivity index (χ2v) is 6.10. The highest BCUT2D eigenvalue weighted by molar-refractivity contribution is 5.48. The lowest BCUT2D eigenvalue weighted by Crippen LogP contribution is -2.33. The molecule has 1 aliphatic heterocycles. The summed E-state index contributed by atoms with van der Waals surface area (Å²) in [6.07, 6.45) is 5.27. The average Bonchev–Trinajstić information content (AvgIpc) is 2.39. The molecule has 0 amide bonds. The first-order valence-electron chi connectivity index (χ1n) is 7.53. The Balaban J connectivity index is 1.93. The quantitative estimate of drug-likeness (QED) is 0.754. The summed E-state index contributed by atoms with van der Waals surface area (Å²) in [5.41, 5.74) is 2.88. The lowest BCUT2D eigenvalue weighted by atomic mass is 9.94. The molecule has 0 radical (unpaired) electrons. The monoisotopic (exact) mass is 245 g/mol. The van der Waals surface area contributed by atoms with E-state index in [1.54, 1.807) is 0 Å². The fourth-order valence-corrected chi connectivity index (χ4v) is 2.91. The number of hydrogen-bond donors (Lipinski definition) is 0. The van der Waals surface area contributed by atoms with Crippen molar-refractivity contribution in [3.8, 4) is 0 Å². The maximum atomic E-state index is 2.55. The van der Waals surface area contributed by atoms with Crippen LogP contribution in [0.25, 0.3) is 0 Å². The van der Waals surface area contributed by atoms with Crippen LogP contribution in [0.4, 0.5) is 5.69 Å². The van der Waals surface area contributed by atoms with Gasteiger partial charge in [-0.25, -0.2) is 0 Å². The first kappa shape index (κ1) is 13.5. The summed E-state index contributed by atoms with van der Waals surface area (Å²) in [5.74, 6) is 1.71. The molecule has 0 bridgehead atoms. The third-order valence-electron chi connectivity index (χ3n) is 4.14. The van der Waals surface area contributed by atoms with Crippen molar-refractivity contribution in [3.63, 3.8) is 0 Å². The molecule has 1 nitrogen and oxygen atoms in total. The SMILES string of the molecule is CCC1CCN(c2ccc(CC(C)C)cc2)CC1. The van der Waals surface area contributed by atoms with Crippen molar-refractivity contribution >= 4 is 5.69 Å². The lowest BCUT2D eigenvalue weighted by Gasteiger charge is -2.33. The third-order valence-corrected chi connectivity index (χ3v) is 4.14. The molecule has 1 aromatic carbocycles. The van der Waals surface area contributed by atoms with Crippen molar-refractivity contribution in [3.05, 3.63) is 29.8 Å². The lowest BCUT2D eigenvalue weighted by molar-refractivity contribution is 0.395. The molecular formula is C17H27N. The minimum Gasteiger partial charge on any atom is -0.372 e. The summed E-state index contributed by atoms with van der Waals surface area (Å²) < 4.78 is 0. The summed E-state index contributed by atoms with van der Waals surface area (Å²) in [6.45, 7) is 9.36. The molecule has 0 aliphatic carbocycles. The second-order valence-electron chi connectivity index (χ2n) is 6.10. The van der Waals surface area contributed by atoms with Crippen molar-refractivity contribution in [1.29, 1.82) is 0 Å². The van der Waals surface area contributed by atoms with Crippen LogP contribution in [0.1, 0.15) is 45.6 Å². The highest BCUT2D eigenvalue weighted by atomic mass is 15.1. The Morgan fingerprint density at radius 2 is 1.72 bits per heavy atom. The molecule has 0 aromatic heterocycles. The van der Waals surface area contributed by atoms with Crippen LogP contribution in [0.5, 0.6) is 0 Å². The third kappa shape index (κ3) is 3.51. The predicted molar refractivity (Wildman–Crippen MR) is 80.2 cm³/mol. The second kappa shape index (κ2) is 6.26. The van der Waals surface area contributed by atoms with Crippen molar-refractivity contribution in [2.75, 3.05) is 18.0 Å². The first-order valence-corrected chi connectivity index (χ1v) is 7.53. The molecule has 0 spiro atoms. The van der Waals surface area contributed by atoms with E-state index in [0.29, 0.717) is 0 Å². The van der Waals surface area contributed by atoms with E-state index >= 15 is 0 Å².